The molecular weight excluding hydrogens is 471 g/mol. The lowest BCUT2D eigenvalue weighted by Gasteiger charge is -2.35. The van der Waals surface area contributed by atoms with E-state index >= 15 is 0 Å². The summed E-state index contributed by atoms with van der Waals surface area (Å²) in [5.41, 5.74) is 3.43. The number of piperidine rings is 1. The topological polar surface area (TPSA) is 23.6 Å². The number of aryl methyl sites for hydroxylation is 1. The minimum absolute atomic E-state index is 0.129. The maximum atomic E-state index is 13.2. The summed E-state index contributed by atoms with van der Waals surface area (Å²) in [6.45, 7) is 3.46. The van der Waals surface area contributed by atoms with Crippen LogP contribution in [0.25, 0.3) is 0 Å². The molecule has 1 heterocycles. The number of rotatable bonds is 9. The van der Waals surface area contributed by atoms with Gasteiger partial charge in [-0.05, 0) is 105 Å². The predicted molar refractivity (Wildman–Crippen MR) is 153 cm³/mol. The molecule has 0 bridgehead atoms. The molecule has 2 fully saturated rings. The molecule has 1 aliphatic carbocycles. The molecule has 3 aromatic rings. The molecule has 1 amide bonds. The van der Waals surface area contributed by atoms with Gasteiger partial charge in [0.25, 0.3) is 5.91 Å². The van der Waals surface area contributed by atoms with Crippen LogP contribution in [0, 0.1) is 17.7 Å². The van der Waals surface area contributed by atoms with Gasteiger partial charge in [0.1, 0.15) is 5.82 Å². The molecule has 0 radical (unpaired) electrons. The lowest BCUT2D eigenvalue weighted by atomic mass is 9.87. The minimum atomic E-state index is -0.154. The Morgan fingerprint density at radius 1 is 0.895 bits per heavy atom. The Labute approximate surface area is 227 Å². The first-order chi connectivity index (χ1) is 18.6. The first-order valence-electron chi connectivity index (χ1n) is 14.4. The van der Waals surface area contributed by atoms with E-state index in [0.29, 0.717) is 11.8 Å². The first-order valence-corrected chi connectivity index (χ1v) is 14.4. The van der Waals surface area contributed by atoms with Crippen molar-refractivity contribution in [2.24, 2.45) is 11.8 Å². The molecule has 5 rings (SSSR count). The van der Waals surface area contributed by atoms with Crippen molar-refractivity contribution in [1.82, 2.24) is 9.80 Å². The van der Waals surface area contributed by atoms with Crippen LogP contribution in [0.1, 0.15) is 65.9 Å². The van der Waals surface area contributed by atoms with E-state index in [1.165, 1.54) is 49.9 Å². The maximum Gasteiger partial charge on any atom is 0.253 e. The molecule has 3 atom stereocenters. The van der Waals surface area contributed by atoms with Crippen molar-refractivity contribution >= 4 is 5.91 Å². The fourth-order valence-corrected chi connectivity index (χ4v) is 6.71. The molecule has 38 heavy (non-hydrogen) atoms. The second kappa shape index (κ2) is 12.7. The normalized spacial score (nSPS) is 22.4. The van der Waals surface area contributed by atoms with E-state index in [1.54, 1.807) is 12.1 Å². The predicted octanol–water partition coefficient (Wildman–Crippen LogP) is 7.20. The average molecular weight is 513 g/mol. The lowest BCUT2D eigenvalue weighted by Crippen LogP contribution is -2.38. The maximum absolute atomic E-state index is 13.2. The number of halogens is 1. The first kappa shape index (κ1) is 26.6. The fourth-order valence-electron chi connectivity index (χ4n) is 6.71. The molecule has 2 aliphatic rings. The van der Waals surface area contributed by atoms with Gasteiger partial charge in [-0.2, -0.15) is 0 Å². The van der Waals surface area contributed by atoms with Crippen molar-refractivity contribution < 1.29 is 9.18 Å². The summed E-state index contributed by atoms with van der Waals surface area (Å²) < 4.78 is 13.1. The molecular formula is C34H41FN2O. The van der Waals surface area contributed by atoms with Crippen molar-refractivity contribution in [3.8, 4) is 0 Å². The van der Waals surface area contributed by atoms with Gasteiger partial charge in [-0.3, -0.25) is 4.79 Å². The lowest BCUT2D eigenvalue weighted by molar-refractivity contribution is 0.0728. The second-order valence-corrected chi connectivity index (χ2v) is 11.4. The van der Waals surface area contributed by atoms with E-state index in [9.17, 15) is 9.18 Å². The summed E-state index contributed by atoms with van der Waals surface area (Å²) in [6.07, 6.45) is 8.10. The van der Waals surface area contributed by atoms with Crippen LogP contribution in [0.4, 0.5) is 4.39 Å². The van der Waals surface area contributed by atoms with Gasteiger partial charge < -0.3 is 9.80 Å². The monoisotopic (exact) mass is 512 g/mol. The number of amides is 1. The minimum Gasteiger partial charge on any atom is -0.339 e. The Morgan fingerprint density at radius 3 is 2.24 bits per heavy atom. The van der Waals surface area contributed by atoms with Gasteiger partial charge in [-0.15, -0.1) is 0 Å². The third-order valence-corrected chi connectivity index (χ3v) is 8.98. The van der Waals surface area contributed by atoms with E-state index in [1.807, 2.05) is 54.4 Å². The van der Waals surface area contributed by atoms with Crippen LogP contribution in [0.15, 0.2) is 84.9 Å². The van der Waals surface area contributed by atoms with E-state index in [0.717, 1.165) is 37.3 Å². The van der Waals surface area contributed by atoms with Gasteiger partial charge in [0, 0.05) is 25.2 Å². The van der Waals surface area contributed by atoms with Gasteiger partial charge >= 0.3 is 0 Å². The summed E-state index contributed by atoms with van der Waals surface area (Å²) in [4.78, 5) is 17.9. The van der Waals surface area contributed by atoms with Crippen molar-refractivity contribution in [1.29, 1.82) is 0 Å². The van der Waals surface area contributed by atoms with Gasteiger partial charge in [-0.25, -0.2) is 4.39 Å². The third-order valence-electron chi connectivity index (χ3n) is 8.98. The van der Waals surface area contributed by atoms with Gasteiger partial charge in [0.15, 0.2) is 0 Å². The molecule has 0 aromatic heterocycles. The van der Waals surface area contributed by atoms with Crippen LogP contribution < -0.4 is 0 Å². The smallest absolute Gasteiger partial charge is 0.253 e. The number of hydrogen-bond donors (Lipinski definition) is 0. The number of likely N-dealkylation sites (tertiary alicyclic amines) is 1. The molecule has 0 unspecified atom stereocenters. The van der Waals surface area contributed by atoms with Crippen LogP contribution in [0.3, 0.4) is 0 Å². The van der Waals surface area contributed by atoms with Crippen LogP contribution >= 0.6 is 0 Å². The molecule has 200 valence electrons. The van der Waals surface area contributed by atoms with Crippen LogP contribution in [0.5, 0.6) is 0 Å². The summed E-state index contributed by atoms with van der Waals surface area (Å²) in [7, 11) is 1.99. The summed E-state index contributed by atoms with van der Waals surface area (Å²) in [6, 6.07) is 27.9. The fraction of sp³-hybridized carbons (Fsp3) is 0.441. The molecule has 1 saturated carbocycles. The molecule has 4 heteroatoms. The quantitative estimate of drug-likeness (QED) is 0.303. The number of hydrogen-bond acceptors (Lipinski definition) is 2. The van der Waals surface area contributed by atoms with Crippen molar-refractivity contribution in [2.75, 3.05) is 26.7 Å². The molecule has 0 N–H and O–H groups in total. The Hall–Kier alpha value is -2.98. The number of nitrogens with zero attached hydrogens (tertiary/aromatic N) is 2. The standard InChI is InChI=1S/C34H41FN2O/c1-36(34(38)29-13-6-3-7-14-29)32-23-30(33(24-32)28-11-4-2-5-12-28)25-37-21-19-27(20-22-37)10-8-9-26-15-17-31(35)18-16-26/h2-7,11-18,27,30,32-33H,8-10,19-25H2,1H3/t30-,32+,33-/m1/s1. The van der Waals surface area contributed by atoms with Gasteiger partial charge in [0.2, 0.25) is 0 Å². The number of carbonyl (C=O) groups excluding carboxylic acids is 1. The van der Waals surface area contributed by atoms with Crippen LogP contribution in [-0.4, -0.2) is 48.4 Å². The zero-order valence-electron chi connectivity index (χ0n) is 22.6. The van der Waals surface area contributed by atoms with E-state index in [2.05, 4.69) is 35.2 Å². The van der Waals surface area contributed by atoms with Crippen molar-refractivity contribution in [3.05, 3.63) is 107 Å². The van der Waals surface area contributed by atoms with Crippen LogP contribution in [-0.2, 0) is 6.42 Å². The number of carbonyl (C=O) groups is 1. The number of benzene rings is 3. The molecule has 1 saturated heterocycles. The third kappa shape index (κ3) is 6.71. The largest absolute Gasteiger partial charge is 0.339 e. The molecule has 0 spiro atoms. The highest BCUT2D eigenvalue weighted by atomic mass is 19.1. The highest BCUT2D eigenvalue weighted by Gasteiger charge is 2.39. The van der Waals surface area contributed by atoms with E-state index < -0.39 is 0 Å². The van der Waals surface area contributed by atoms with Crippen LogP contribution in [0.2, 0.25) is 0 Å². The zero-order chi connectivity index (χ0) is 26.3. The average Bonchev–Trinajstić information content (AvgIpc) is 3.39. The summed E-state index contributed by atoms with van der Waals surface area (Å²) in [5.74, 6) is 1.81. The Balaban J connectivity index is 1.15. The van der Waals surface area contributed by atoms with Gasteiger partial charge in [0.05, 0.1) is 0 Å². The summed E-state index contributed by atoms with van der Waals surface area (Å²) in [5, 5.41) is 0. The summed E-state index contributed by atoms with van der Waals surface area (Å²) >= 11 is 0. The van der Waals surface area contributed by atoms with E-state index in [4.69, 9.17) is 0 Å². The Bertz CT molecular complexity index is 1140. The highest BCUT2D eigenvalue weighted by Crippen LogP contribution is 2.42. The van der Waals surface area contributed by atoms with E-state index in [-0.39, 0.29) is 17.8 Å². The van der Waals surface area contributed by atoms with Crippen molar-refractivity contribution in [2.45, 2.75) is 56.9 Å². The Kier molecular flexibility index (Phi) is 8.90. The highest BCUT2D eigenvalue weighted by molar-refractivity contribution is 5.94. The second-order valence-electron chi connectivity index (χ2n) is 11.4. The molecule has 3 nitrogen and oxygen atoms in total. The SMILES string of the molecule is CN(C(=O)c1ccccc1)[C@H]1C[C@H](CN2CCC(CCCc3ccc(F)cc3)CC2)[C@@H](c2ccccc2)C1. The Morgan fingerprint density at radius 2 is 1.55 bits per heavy atom. The molecule has 1 aliphatic heterocycles. The molecule has 3 aromatic carbocycles. The van der Waals surface area contributed by atoms with Gasteiger partial charge in [-0.1, -0.05) is 67.1 Å². The zero-order valence-corrected chi connectivity index (χ0v) is 22.6. The van der Waals surface area contributed by atoms with Crippen molar-refractivity contribution in [3.63, 3.8) is 0 Å².